The minimum absolute atomic E-state index is 0.00560. The Bertz CT molecular complexity index is 768. The van der Waals surface area contributed by atoms with Crippen molar-refractivity contribution in [2.24, 2.45) is 4.36 Å². The minimum Gasteiger partial charge on any atom is -0.487 e. The van der Waals surface area contributed by atoms with Gasteiger partial charge < -0.3 is 9.47 Å². The molecule has 0 radical (unpaired) electrons. The first-order valence-electron chi connectivity index (χ1n) is 5.91. The number of aryl methyl sites for hydroxylation is 1. The van der Waals surface area contributed by atoms with Crippen molar-refractivity contribution < 1.29 is 22.7 Å². The normalized spacial score (nSPS) is 9.17. The van der Waals surface area contributed by atoms with Crippen molar-refractivity contribution in [2.75, 3.05) is 19.5 Å². The van der Waals surface area contributed by atoms with Crippen LogP contribution in [-0.4, -0.2) is 43.6 Å². The molecule has 0 bridgehead atoms. The molecular weight excluding hydrogens is 346 g/mol. The van der Waals surface area contributed by atoms with E-state index in [9.17, 15) is 13.2 Å². The average molecular weight is 359 g/mol. The Morgan fingerprint density at radius 1 is 1.26 bits per heavy atom. The van der Waals surface area contributed by atoms with Crippen molar-refractivity contribution in [1.82, 2.24) is 15.0 Å². The molecule has 0 aliphatic rings. The van der Waals surface area contributed by atoms with Gasteiger partial charge in [0.25, 0.3) is 0 Å². The highest BCUT2D eigenvalue weighted by atomic mass is 32.2. The number of nitrogens with zero attached hydrogens (tertiary/aromatic N) is 4. The largest absolute Gasteiger partial charge is 0.487 e. The van der Waals surface area contributed by atoms with E-state index in [1.54, 1.807) is 25.4 Å². The second-order valence-electron chi connectivity index (χ2n) is 3.57. The molecule has 0 saturated carbocycles. The monoisotopic (exact) mass is 359 g/mol. The molecule has 0 aromatic carbocycles. The van der Waals surface area contributed by atoms with Crippen LogP contribution in [0.5, 0.6) is 11.1 Å². The van der Waals surface area contributed by atoms with E-state index in [-0.39, 0.29) is 12.0 Å². The second kappa shape index (κ2) is 9.42. The third kappa shape index (κ3) is 7.28. The molecule has 124 valence electrons. The standard InChI is InChI=1S/C6H7N5O4S.C5H6OS/c1-3-7-4(10-6(8-3)15-2)9-5(12)11-16(13)14;1-6-5-3-2-4-7-5/h1-2H3,(H,7,8,9,10,12);2-4H,1H3. The van der Waals surface area contributed by atoms with Crippen LogP contribution in [0.15, 0.2) is 21.9 Å². The van der Waals surface area contributed by atoms with E-state index >= 15 is 0 Å². The highest BCUT2D eigenvalue weighted by Gasteiger charge is 2.07. The smallest absolute Gasteiger partial charge is 0.362 e. The lowest BCUT2D eigenvalue weighted by Crippen LogP contribution is -2.11. The Hall–Kier alpha value is -2.60. The van der Waals surface area contributed by atoms with Gasteiger partial charge in [-0.2, -0.15) is 23.4 Å². The maximum absolute atomic E-state index is 10.9. The fourth-order valence-corrected chi connectivity index (χ4v) is 1.90. The number of amides is 2. The second-order valence-corrected chi connectivity index (χ2v) is 5.09. The molecule has 2 heterocycles. The lowest BCUT2D eigenvalue weighted by Gasteiger charge is -2.02. The van der Waals surface area contributed by atoms with Gasteiger partial charge in [-0.05, 0) is 24.4 Å². The Morgan fingerprint density at radius 3 is 2.48 bits per heavy atom. The van der Waals surface area contributed by atoms with Crippen LogP contribution in [0.4, 0.5) is 10.7 Å². The Morgan fingerprint density at radius 2 is 2.00 bits per heavy atom. The Balaban J connectivity index is 0.000000313. The first-order chi connectivity index (χ1) is 10.9. The average Bonchev–Trinajstić information content (AvgIpc) is 2.99. The number of hydrogen-bond acceptors (Lipinski definition) is 9. The molecule has 0 spiro atoms. The van der Waals surface area contributed by atoms with Crippen LogP contribution in [0, 0.1) is 6.92 Å². The summed E-state index contributed by atoms with van der Waals surface area (Å²) in [6.07, 6.45) is 0. The summed E-state index contributed by atoms with van der Waals surface area (Å²) < 4.78 is 32.5. The number of urea groups is 1. The zero-order valence-corrected chi connectivity index (χ0v) is 14.0. The summed E-state index contributed by atoms with van der Waals surface area (Å²) >= 11 is 1.60. The fraction of sp³-hybridized carbons (Fsp3) is 0.273. The number of ether oxygens (including phenoxy) is 2. The van der Waals surface area contributed by atoms with E-state index in [0.29, 0.717) is 5.82 Å². The maximum Gasteiger partial charge on any atom is 0.362 e. The number of methoxy groups -OCH3 is 2. The van der Waals surface area contributed by atoms with E-state index in [0.717, 1.165) is 5.06 Å². The van der Waals surface area contributed by atoms with E-state index in [1.807, 2.05) is 22.8 Å². The Labute approximate surface area is 137 Å². The van der Waals surface area contributed by atoms with Crippen molar-refractivity contribution in [3.05, 3.63) is 23.3 Å². The molecule has 10 nitrogen and oxygen atoms in total. The van der Waals surface area contributed by atoms with Gasteiger partial charge >= 0.3 is 22.5 Å². The third-order valence-corrected chi connectivity index (χ3v) is 3.12. The molecule has 0 fully saturated rings. The SMILES string of the molecule is COc1cccs1.COc1nc(C)nc(NC(=O)N=S(=O)=O)n1. The number of aromatic nitrogens is 3. The fourth-order valence-electron chi connectivity index (χ4n) is 1.17. The van der Waals surface area contributed by atoms with E-state index in [1.165, 1.54) is 7.11 Å². The molecule has 0 atom stereocenters. The van der Waals surface area contributed by atoms with Gasteiger partial charge in [0.2, 0.25) is 5.95 Å². The Kier molecular flexibility index (Phi) is 7.56. The van der Waals surface area contributed by atoms with E-state index < -0.39 is 16.5 Å². The van der Waals surface area contributed by atoms with Crippen molar-refractivity contribution >= 4 is 33.8 Å². The van der Waals surface area contributed by atoms with Gasteiger partial charge in [0.15, 0.2) is 5.06 Å². The van der Waals surface area contributed by atoms with Gasteiger partial charge in [-0.3, -0.25) is 5.32 Å². The molecule has 0 aliphatic carbocycles. The summed E-state index contributed by atoms with van der Waals surface area (Å²) in [6, 6.07) is 2.81. The number of nitrogens with one attached hydrogen (secondary N) is 1. The van der Waals surface area contributed by atoms with Gasteiger partial charge in [-0.15, -0.1) is 11.3 Å². The summed E-state index contributed by atoms with van der Waals surface area (Å²) in [6.45, 7) is 1.56. The number of anilines is 1. The lowest BCUT2D eigenvalue weighted by molar-refractivity contribution is 0.259. The minimum atomic E-state index is -2.82. The van der Waals surface area contributed by atoms with Crippen molar-refractivity contribution in [3.8, 4) is 11.1 Å². The summed E-state index contributed by atoms with van der Waals surface area (Å²) in [4.78, 5) is 22.1. The first-order valence-corrected chi connectivity index (χ1v) is 7.82. The van der Waals surface area contributed by atoms with Crippen LogP contribution < -0.4 is 14.8 Å². The maximum atomic E-state index is 10.9. The first kappa shape index (κ1) is 18.4. The topological polar surface area (TPSA) is 133 Å². The number of rotatable bonds is 3. The molecule has 0 saturated heterocycles. The summed E-state index contributed by atoms with van der Waals surface area (Å²) in [5.74, 6) is 0.175. The molecule has 2 amide bonds. The van der Waals surface area contributed by atoms with E-state index in [4.69, 9.17) is 9.47 Å². The van der Waals surface area contributed by atoms with Crippen molar-refractivity contribution in [1.29, 1.82) is 0 Å². The number of hydrogen-bond donors (Lipinski definition) is 1. The number of carbonyl (C=O) groups excluding carboxylic acids is 1. The van der Waals surface area contributed by atoms with Crippen molar-refractivity contribution in [2.45, 2.75) is 6.92 Å². The van der Waals surface area contributed by atoms with Crippen LogP contribution in [0.2, 0.25) is 0 Å². The predicted octanol–water partition coefficient (Wildman–Crippen LogP) is 1.54. The van der Waals surface area contributed by atoms with Crippen LogP contribution in [-0.2, 0) is 10.5 Å². The van der Waals surface area contributed by atoms with E-state index in [2.05, 4.69) is 19.3 Å². The summed E-state index contributed by atoms with van der Waals surface area (Å²) in [5, 5.41) is 5.01. The zero-order chi connectivity index (χ0) is 17.2. The molecule has 2 aromatic heterocycles. The molecule has 12 heteroatoms. The van der Waals surface area contributed by atoms with Crippen LogP contribution in [0.3, 0.4) is 0 Å². The molecule has 0 aliphatic heterocycles. The highest BCUT2D eigenvalue weighted by Crippen LogP contribution is 2.16. The van der Waals surface area contributed by atoms with Gasteiger partial charge in [0, 0.05) is 0 Å². The van der Waals surface area contributed by atoms with Crippen LogP contribution >= 0.6 is 11.3 Å². The highest BCUT2D eigenvalue weighted by molar-refractivity contribution is 7.62. The molecular formula is C11H13N5O5S2. The van der Waals surface area contributed by atoms with Gasteiger partial charge in [-0.1, -0.05) is 4.36 Å². The quantitative estimate of drug-likeness (QED) is 0.872. The zero-order valence-electron chi connectivity index (χ0n) is 12.4. The van der Waals surface area contributed by atoms with Crippen LogP contribution in [0.25, 0.3) is 0 Å². The van der Waals surface area contributed by atoms with Crippen molar-refractivity contribution in [3.63, 3.8) is 0 Å². The molecule has 1 N–H and O–H groups in total. The summed E-state index contributed by atoms with van der Waals surface area (Å²) in [5.41, 5.74) is 0. The molecule has 2 rings (SSSR count). The van der Waals surface area contributed by atoms with Gasteiger partial charge in [-0.25, -0.2) is 4.79 Å². The molecule has 2 aromatic rings. The summed E-state index contributed by atoms with van der Waals surface area (Å²) in [7, 11) is 0.196. The molecule has 0 unspecified atom stereocenters. The lowest BCUT2D eigenvalue weighted by atomic mass is 10.7. The van der Waals surface area contributed by atoms with Gasteiger partial charge in [0.1, 0.15) is 5.82 Å². The predicted molar refractivity (Wildman–Crippen MR) is 82.4 cm³/mol. The van der Waals surface area contributed by atoms with Crippen LogP contribution in [0.1, 0.15) is 5.82 Å². The number of carbonyl (C=O) groups is 1. The van der Waals surface area contributed by atoms with Gasteiger partial charge in [0.05, 0.1) is 14.2 Å². The molecule has 23 heavy (non-hydrogen) atoms. The number of thiophene rings is 1. The third-order valence-electron chi connectivity index (χ3n) is 1.98.